The number of aliphatic imine (C=N–C) groups is 1. The average molecular weight is 356 g/mol. The lowest BCUT2D eigenvalue weighted by Gasteiger charge is -2.23. The zero-order chi connectivity index (χ0) is 12.7. The van der Waals surface area contributed by atoms with Gasteiger partial charge in [-0.2, -0.15) is 0 Å². The Labute approximate surface area is 122 Å². The number of hydrogen-bond acceptors (Lipinski definition) is 2. The van der Waals surface area contributed by atoms with Gasteiger partial charge >= 0.3 is 0 Å². The van der Waals surface area contributed by atoms with E-state index in [1.807, 2.05) is 51.8 Å². The molecule has 0 rings (SSSR count). The summed E-state index contributed by atoms with van der Waals surface area (Å²) in [5, 5.41) is 0. The number of halogens is 1. The fraction of sp³-hybridized carbons (Fsp3) is 0.818. The summed E-state index contributed by atoms with van der Waals surface area (Å²) < 4.78 is 0. The summed E-state index contributed by atoms with van der Waals surface area (Å²) in [5.74, 6) is 0.881. The fourth-order valence-electron chi connectivity index (χ4n) is 1.50. The van der Waals surface area contributed by atoms with Crippen LogP contribution >= 0.6 is 24.0 Å². The second kappa shape index (κ2) is 9.49. The molecular formula is C11H25IN4O. The Kier molecular flexibility index (Phi) is 10.5. The Balaban J connectivity index is 0. The highest BCUT2D eigenvalue weighted by molar-refractivity contribution is 14.0. The monoisotopic (exact) mass is 356 g/mol. The van der Waals surface area contributed by atoms with E-state index in [1.165, 1.54) is 0 Å². The van der Waals surface area contributed by atoms with Crippen molar-refractivity contribution in [3.63, 3.8) is 0 Å². The van der Waals surface area contributed by atoms with Crippen molar-refractivity contribution in [3.05, 3.63) is 0 Å². The van der Waals surface area contributed by atoms with E-state index >= 15 is 0 Å². The molecule has 0 saturated heterocycles. The van der Waals surface area contributed by atoms with Crippen LogP contribution < -0.4 is 0 Å². The van der Waals surface area contributed by atoms with Crippen molar-refractivity contribution in [2.45, 2.75) is 13.8 Å². The molecule has 0 bridgehead atoms. The third-order valence-electron chi connectivity index (χ3n) is 2.27. The van der Waals surface area contributed by atoms with E-state index in [2.05, 4.69) is 4.99 Å². The van der Waals surface area contributed by atoms with Gasteiger partial charge in [0.05, 0.1) is 0 Å². The standard InChI is InChI=1S/C11H24N4O.HI/c1-7-15(8-2)10(16)9-12-11(13(3)4)14(5)6;/h7-9H2,1-6H3;1H. The maximum atomic E-state index is 11.7. The number of carbonyl (C=O) groups is 1. The summed E-state index contributed by atoms with van der Waals surface area (Å²) in [6.45, 7) is 5.65. The van der Waals surface area contributed by atoms with E-state index in [0.29, 0.717) is 0 Å². The molecule has 0 aliphatic carbocycles. The van der Waals surface area contributed by atoms with Crippen LogP contribution in [0.3, 0.4) is 0 Å². The van der Waals surface area contributed by atoms with Gasteiger partial charge in [0.15, 0.2) is 5.96 Å². The van der Waals surface area contributed by atoms with Crippen LogP contribution in [0.4, 0.5) is 0 Å². The number of guanidine groups is 1. The molecule has 0 radical (unpaired) electrons. The average Bonchev–Trinajstić information content (AvgIpc) is 2.18. The first-order valence-electron chi connectivity index (χ1n) is 5.60. The van der Waals surface area contributed by atoms with Gasteiger partial charge in [-0.05, 0) is 13.8 Å². The van der Waals surface area contributed by atoms with Crippen molar-refractivity contribution in [1.29, 1.82) is 0 Å². The van der Waals surface area contributed by atoms with Crippen LogP contribution in [0.1, 0.15) is 13.8 Å². The van der Waals surface area contributed by atoms with Crippen molar-refractivity contribution in [1.82, 2.24) is 14.7 Å². The lowest BCUT2D eigenvalue weighted by molar-refractivity contribution is -0.129. The molecule has 0 aromatic carbocycles. The van der Waals surface area contributed by atoms with Crippen molar-refractivity contribution < 1.29 is 4.79 Å². The van der Waals surface area contributed by atoms with Crippen LogP contribution in [0.15, 0.2) is 4.99 Å². The second-order valence-electron chi connectivity index (χ2n) is 3.97. The Morgan fingerprint density at radius 1 is 1.00 bits per heavy atom. The summed E-state index contributed by atoms with van der Waals surface area (Å²) in [6.07, 6.45) is 0. The van der Waals surface area contributed by atoms with Crippen LogP contribution in [0.25, 0.3) is 0 Å². The zero-order valence-corrected chi connectivity index (χ0v) is 14.1. The van der Waals surface area contributed by atoms with E-state index in [9.17, 15) is 4.79 Å². The van der Waals surface area contributed by atoms with Crippen LogP contribution in [0, 0.1) is 0 Å². The minimum absolute atomic E-state index is 0. The normalized spacial score (nSPS) is 9.06. The van der Waals surface area contributed by atoms with Gasteiger partial charge in [-0.25, -0.2) is 4.99 Å². The van der Waals surface area contributed by atoms with E-state index in [0.717, 1.165) is 19.0 Å². The van der Waals surface area contributed by atoms with Crippen LogP contribution in [-0.2, 0) is 4.79 Å². The van der Waals surface area contributed by atoms with Crippen molar-refractivity contribution in [3.8, 4) is 0 Å². The molecule has 102 valence electrons. The van der Waals surface area contributed by atoms with Gasteiger partial charge in [0, 0.05) is 41.3 Å². The molecule has 0 atom stereocenters. The van der Waals surface area contributed by atoms with Gasteiger partial charge in [0.25, 0.3) is 0 Å². The summed E-state index contributed by atoms with van der Waals surface area (Å²) in [5.41, 5.74) is 0. The number of amides is 1. The summed E-state index contributed by atoms with van der Waals surface area (Å²) >= 11 is 0. The first-order chi connectivity index (χ1) is 7.43. The number of nitrogens with zero attached hydrogens (tertiary/aromatic N) is 4. The van der Waals surface area contributed by atoms with Gasteiger partial charge in [-0.15, -0.1) is 24.0 Å². The third kappa shape index (κ3) is 6.70. The molecule has 6 heteroatoms. The van der Waals surface area contributed by atoms with Crippen LogP contribution in [-0.4, -0.2) is 74.4 Å². The Hall–Kier alpha value is -0.530. The predicted molar refractivity (Wildman–Crippen MR) is 83.0 cm³/mol. The summed E-state index contributed by atoms with van der Waals surface area (Å²) in [4.78, 5) is 21.6. The second-order valence-corrected chi connectivity index (χ2v) is 3.97. The van der Waals surface area contributed by atoms with Crippen LogP contribution in [0.2, 0.25) is 0 Å². The fourth-order valence-corrected chi connectivity index (χ4v) is 1.50. The molecule has 0 aromatic rings. The number of rotatable bonds is 4. The molecule has 0 unspecified atom stereocenters. The minimum Gasteiger partial charge on any atom is -0.349 e. The Morgan fingerprint density at radius 2 is 1.41 bits per heavy atom. The SMILES string of the molecule is CCN(CC)C(=O)CN=C(N(C)C)N(C)C.I. The summed E-state index contributed by atoms with van der Waals surface area (Å²) in [7, 11) is 7.67. The number of likely N-dealkylation sites (N-methyl/N-ethyl adjacent to an activating group) is 1. The molecule has 0 N–H and O–H groups in total. The predicted octanol–water partition coefficient (Wildman–Crippen LogP) is 0.952. The molecule has 0 aliphatic heterocycles. The Morgan fingerprint density at radius 3 is 1.71 bits per heavy atom. The third-order valence-corrected chi connectivity index (χ3v) is 2.27. The molecule has 0 heterocycles. The molecule has 5 nitrogen and oxygen atoms in total. The van der Waals surface area contributed by atoms with Gasteiger partial charge < -0.3 is 14.7 Å². The highest BCUT2D eigenvalue weighted by Gasteiger charge is 2.10. The first-order valence-corrected chi connectivity index (χ1v) is 5.60. The molecule has 1 amide bonds. The van der Waals surface area contributed by atoms with Crippen LogP contribution in [0.5, 0.6) is 0 Å². The molecule has 17 heavy (non-hydrogen) atoms. The molecule has 0 spiro atoms. The van der Waals surface area contributed by atoms with E-state index in [4.69, 9.17) is 0 Å². The largest absolute Gasteiger partial charge is 0.349 e. The van der Waals surface area contributed by atoms with Gasteiger partial charge in [-0.1, -0.05) is 0 Å². The van der Waals surface area contributed by atoms with Gasteiger partial charge in [0.2, 0.25) is 5.91 Å². The molecule has 0 saturated carbocycles. The smallest absolute Gasteiger partial charge is 0.244 e. The highest BCUT2D eigenvalue weighted by atomic mass is 127. The maximum absolute atomic E-state index is 11.7. The lowest BCUT2D eigenvalue weighted by Crippen LogP contribution is -2.37. The topological polar surface area (TPSA) is 39.2 Å². The number of hydrogen-bond donors (Lipinski definition) is 0. The van der Waals surface area contributed by atoms with E-state index < -0.39 is 0 Å². The van der Waals surface area contributed by atoms with Crippen molar-refractivity contribution in [2.24, 2.45) is 4.99 Å². The maximum Gasteiger partial charge on any atom is 0.244 e. The molecule has 0 aliphatic rings. The molecular weight excluding hydrogens is 331 g/mol. The molecule has 0 aromatic heterocycles. The van der Waals surface area contributed by atoms with E-state index in [-0.39, 0.29) is 36.4 Å². The van der Waals surface area contributed by atoms with Gasteiger partial charge in [-0.3, -0.25) is 4.79 Å². The van der Waals surface area contributed by atoms with Gasteiger partial charge in [0.1, 0.15) is 6.54 Å². The first kappa shape index (κ1) is 18.8. The lowest BCUT2D eigenvalue weighted by atomic mass is 10.4. The quantitative estimate of drug-likeness (QED) is 0.428. The molecule has 0 fully saturated rings. The Bertz CT molecular complexity index is 240. The highest BCUT2D eigenvalue weighted by Crippen LogP contribution is 1.93. The summed E-state index contributed by atoms with van der Waals surface area (Å²) in [6, 6.07) is 0. The number of carbonyl (C=O) groups excluding carboxylic acids is 1. The minimum atomic E-state index is 0. The zero-order valence-electron chi connectivity index (χ0n) is 11.7. The van der Waals surface area contributed by atoms with Crippen molar-refractivity contribution in [2.75, 3.05) is 47.8 Å². The van der Waals surface area contributed by atoms with Crippen molar-refractivity contribution >= 4 is 35.8 Å². The van der Waals surface area contributed by atoms with E-state index in [1.54, 1.807) is 4.90 Å².